The van der Waals surface area contributed by atoms with Crippen LogP contribution < -0.4 is 0 Å². The lowest BCUT2D eigenvalue weighted by molar-refractivity contribution is -0.126. The highest BCUT2D eigenvalue weighted by atomic mass is 16.2. The Labute approximate surface area is 114 Å². The summed E-state index contributed by atoms with van der Waals surface area (Å²) in [7, 11) is 0. The zero-order valence-corrected chi connectivity index (χ0v) is 11.0. The van der Waals surface area contributed by atoms with Crippen LogP contribution in [0.3, 0.4) is 0 Å². The normalized spacial score (nSPS) is 16.6. The lowest BCUT2D eigenvalue weighted by Crippen LogP contribution is -2.32. The number of carbonyl (C=O) groups is 1. The number of hydrogen-bond acceptors (Lipinski definition) is 2. The van der Waals surface area contributed by atoms with Crippen molar-refractivity contribution in [1.82, 2.24) is 4.90 Å². The average Bonchev–Trinajstić information content (AvgIpc) is 2.74. The quantitative estimate of drug-likeness (QED) is 0.601. The summed E-state index contributed by atoms with van der Waals surface area (Å²) in [5.74, 6) is -0.131. The number of amides is 1. The molecule has 0 unspecified atom stereocenters. The van der Waals surface area contributed by atoms with Gasteiger partial charge in [-0.1, -0.05) is 43.2 Å². The van der Waals surface area contributed by atoms with E-state index in [0.29, 0.717) is 0 Å². The molecule has 2 rings (SSSR count). The highest BCUT2D eigenvalue weighted by Gasteiger charge is 2.19. The highest BCUT2D eigenvalue weighted by molar-refractivity contribution is 6.01. The lowest BCUT2D eigenvalue weighted by atomic mass is 10.1. The molecular weight excluding hydrogens is 236 g/mol. The fourth-order valence-corrected chi connectivity index (χ4v) is 2.30. The van der Waals surface area contributed by atoms with Gasteiger partial charge >= 0.3 is 0 Å². The predicted molar refractivity (Wildman–Crippen MR) is 75.1 cm³/mol. The van der Waals surface area contributed by atoms with Crippen LogP contribution in [0.5, 0.6) is 0 Å². The molecule has 0 bridgehead atoms. The van der Waals surface area contributed by atoms with E-state index in [2.05, 4.69) is 0 Å². The average molecular weight is 254 g/mol. The van der Waals surface area contributed by atoms with Crippen LogP contribution in [0, 0.1) is 11.3 Å². The van der Waals surface area contributed by atoms with Gasteiger partial charge in [0.2, 0.25) is 0 Å². The Morgan fingerprint density at radius 1 is 1.11 bits per heavy atom. The van der Waals surface area contributed by atoms with Crippen LogP contribution in [0.15, 0.2) is 35.9 Å². The van der Waals surface area contributed by atoms with Crippen molar-refractivity contribution >= 4 is 12.0 Å². The van der Waals surface area contributed by atoms with Gasteiger partial charge in [0, 0.05) is 13.1 Å². The molecule has 0 atom stereocenters. The first kappa shape index (κ1) is 13.4. The van der Waals surface area contributed by atoms with Crippen LogP contribution in [0.2, 0.25) is 0 Å². The maximum atomic E-state index is 12.3. The third-order valence-electron chi connectivity index (χ3n) is 3.35. The number of rotatable bonds is 2. The molecule has 0 aliphatic carbocycles. The highest BCUT2D eigenvalue weighted by Crippen LogP contribution is 2.14. The van der Waals surface area contributed by atoms with E-state index in [9.17, 15) is 10.1 Å². The summed E-state index contributed by atoms with van der Waals surface area (Å²) in [6.45, 7) is 1.54. The summed E-state index contributed by atoms with van der Waals surface area (Å²) in [5.41, 5.74) is 1.12. The fourth-order valence-electron chi connectivity index (χ4n) is 2.30. The van der Waals surface area contributed by atoms with E-state index >= 15 is 0 Å². The number of nitriles is 1. The molecular formula is C16H18N2O. The Morgan fingerprint density at radius 2 is 1.74 bits per heavy atom. The van der Waals surface area contributed by atoms with Gasteiger partial charge in [-0.25, -0.2) is 0 Å². The maximum Gasteiger partial charge on any atom is 0.264 e. The summed E-state index contributed by atoms with van der Waals surface area (Å²) in [6, 6.07) is 11.5. The Bertz CT molecular complexity index is 491. The second-order valence-corrected chi connectivity index (χ2v) is 4.79. The number of nitrogens with zero attached hydrogens (tertiary/aromatic N) is 2. The number of hydrogen-bond donors (Lipinski definition) is 0. The molecule has 19 heavy (non-hydrogen) atoms. The monoisotopic (exact) mass is 254 g/mol. The van der Waals surface area contributed by atoms with Gasteiger partial charge in [0.15, 0.2) is 0 Å². The van der Waals surface area contributed by atoms with Crippen LogP contribution in [0.4, 0.5) is 0 Å². The van der Waals surface area contributed by atoms with Crippen molar-refractivity contribution in [2.45, 2.75) is 25.7 Å². The molecule has 1 aromatic rings. The van der Waals surface area contributed by atoms with Crippen LogP contribution >= 0.6 is 0 Å². The molecule has 1 aliphatic heterocycles. The smallest absolute Gasteiger partial charge is 0.264 e. The number of carbonyl (C=O) groups excluding carboxylic acids is 1. The van der Waals surface area contributed by atoms with E-state index in [1.807, 2.05) is 41.3 Å². The molecule has 98 valence electrons. The Hall–Kier alpha value is -2.08. The van der Waals surface area contributed by atoms with Gasteiger partial charge in [-0.15, -0.1) is 0 Å². The first-order valence-electron chi connectivity index (χ1n) is 6.77. The third kappa shape index (κ3) is 3.69. The first-order valence-corrected chi connectivity index (χ1v) is 6.77. The van der Waals surface area contributed by atoms with Crippen molar-refractivity contribution in [1.29, 1.82) is 5.26 Å². The summed E-state index contributed by atoms with van der Waals surface area (Å²) in [4.78, 5) is 14.1. The molecule has 1 saturated heterocycles. The van der Waals surface area contributed by atoms with Gasteiger partial charge in [0.1, 0.15) is 11.6 Å². The molecule has 0 spiro atoms. The molecule has 0 radical (unpaired) electrons. The molecule has 3 nitrogen and oxygen atoms in total. The van der Waals surface area contributed by atoms with E-state index in [4.69, 9.17) is 0 Å². The summed E-state index contributed by atoms with van der Waals surface area (Å²) in [6.07, 6.45) is 6.10. The topological polar surface area (TPSA) is 44.1 Å². The summed E-state index contributed by atoms with van der Waals surface area (Å²) in [5, 5.41) is 9.19. The van der Waals surface area contributed by atoms with E-state index in [-0.39, 0.29) is 11.5 Å². The van der Waals surface area contributed by atoms with E-state index in [1.165, 1.54) is 12.8 Å². The van der Waals surface area contributed by atoms with Crippen LogP contribution in [-0.2, 0) is 4.79 Å². The second kappa shape index (κ2) is 6.75. The van der Waals surface area contributed by atoms with Crippen molar-refractivity contribution in [3.63, 3.8) is 0 Å². The largest absolute Gasteiger partial charge is 0.338 e. The zero-order chi connectivity index (χ0) is 13.5. The maximum absolute atomic E-state index is 12.3. The van der Waals surface area contributed by atoms with Crippen LogP contribution in [0.1, 0.15) is 31.2 Å². The molecule has 1 heterocycles. The molecule has 1 fully saturated rings. The van der Waals surface area contributed by atoms with Gasteiger partial charge in [-0.2, -0.15) is 5.26 Å². The predicted octanol–water partition coefficient (Wildman–Crippen LogP) is 3.00. The van der Waals surface area contributed by atoms with Crippen molar-refractivity contribution in [2.75, 3.05) is 13.1 Å². The SMILES string of the molecule is N#C/C(=C/c1ccccc1)C(=O)N1CCCCCC1. The number of likely N-dealkylation sites (tertiary alicyclic amines) is 1. The minimum atomic E-state index is -0.131. The van der Waals surface area contributed by atoms with E-state index in [0.717, 1.165) is 31.5 Å². The fraction of sp³-hybridized carbons (Fsp3) is 0.375. The van der Waals surface area contributed by atoms with Gasteiger partial charge < -0.3 is 4.90 Å². The summed E-state index contributed by atoms with van der Waals surface area (Å²) >= 11 is 0. The van der Waals surface area contributed by atoms with Gasteiger partial charge in [-0.3, -0.25) is 4.79 Å². The van der Waals surface area contributed by atoms with E-state index in [1.54, 1.807) is 6.08 Å². The van der Waals surface area contributed by atoms with Crippen molar-refractivity contribution in [2.24, 2.45) is 0 Å². The standard InChI is InChI=1S/C16H18N2O/c17-13-15(12-14-8-4-3-5-9-14)16(19)18-10-6-1-2-7-11-18/h3-5,8-9,12H,1-2,6-7,10-11H2/b15-12-. The minimum absolute atomic E-state index is 0.131. The molecule has 1 aromatic carbocycles. The Morgan fingerprint density at radius 3 is 2.32 bits per heavy atom. The molecule has 1 aliphatic rings. The molecule has 0 aromatic heterocycles. The molecule has 0 N–H and O–H groups in total. The second-order valence-electron chi connectivity index (χ2n) is 4.79. The summed E-state index contributed by atoms with van der Waals surface area (Å²) < 4.78 is 0. The Balaban J connectivity index is 2.15. The zero-order valence-electron chi connectivity index (χ0n) is 11.0. The minimum Gasteiger partial charge on any atom is -0.338 e. The van der Waals surface area contributed by atoms with Crippen molar-refractivity contribution in [3.8, 4) is 6.07 Å². The Kier molecular flexibility index (Phi) is 4.74. The van der Waals surface area contributed by atoms with Gasteiger partial charge in [0.05, 0.1) is 0 Å². The number of benzene rings is 1. The van der Waals surface area contributed by atoms with Gasteiger partial charge in [0.25, 0.3) is 5.91 Å². The van der Waals surface area contributed by atoms with Crippen molar-refractivity contribution < 1.29 is 4.79 Å². The molecule has 1 amide bonds. The lowest BCUT2D eigenvalue weighted by Gasteiger charge is -2.19. The third-order valence-corrected chi connectivity index (χ3v) is 3.35. The van der Waals surface area contributed by atoms with Crippen molar-refractivity contribution in [3.05, 3.63) is 41.5 Å². The first-order chi connectivity index (χ1) is 9.31. The van der Waals surface area contributed by atoms with Crippen LogP contribution in [0.25, 0.3) is 6.08 Å². The van der Waals surface area contributed by atoms with E-state index < -0.39 is 0 Å². The molecule has 0 saturated carbocycles. The van der Waals surface area contributed by atoms with Gasteiger partial charge in [-0.05, 0) is 24.5 Å². The molecule has 3 heteroatoms. The van der Waals surface area contributed by atoms with Crippen LogP contribution in [-0.4, -0.2) is 23.9 Å².